The predicted molar refractivity (Wildman–Crippen MR) is 62.2 cm³/mol. The largest absolute Gasteiger partial charge is 0.523 e. The van der Waals surface area contributed by atoms with Crippen LogP contribution in [0.2, 0.25) is 0 Å². The number of nitrogens with zero attached hydrogens (tertiary/aromatic N) is 1. The quantitative estimate of drug-likeness (QED) is 0.585. The molecule has 0 saturated carbocycles. The van der Waals surface area contributed by atoms with E-state index in [1.54, 1.807) is 20.8 Å². The van der Waals surface area contributed by atoms with Crippen LogP contribution >= 0.6 is 0 Å². The van der Waals surface area contributed by atoms with Crippen molar-refractivity contribution in [3.05, 3.63) is 0 Å². The lowest BCUT2D eigenvalue weighted by Crippen LogP contribution is -2.53. The van der Waals surface area contributed by atoms with Crippen LogP contribution in [0.5, 0.6) is 0 Å². The standard InChI is InChI=1S/C10H16F3NO5S/c1-9(2,3)19-8(15)14-4-7(5-14)6-18-20(16,17)10(11,12)13/h7H,4-6H2,1-3H3. The smallest absolute Gasteiger partial charge is 0.444 e. The first kappa shape index (κ1) is 17.0. The number of hydrogen-bond donors (Lipinski definition) is 0. The summed E-state index contributed by atoms with van der Waals surface area (Å²) in [7, 11) is -5.57. The van der Waals surface area contributed by atoms with Crippen molar-refractivity contribution in [2.24, 2.45) is 5.92 Å². The minimum atomic E-state index is -5.57. The monoisotopic (exact) mass is 319 g/mol. The maximum atomic E-state index is 12.0. The molecule has 0 bridgehead atoms. The molecule has 6 nitrogen and oxygen atoms in total. The Morgan fingerprint density at radius 3 is 2.15 bits per heavy atom. The maximum absolute atomic E-state index is 12.0. The SMILES string of the molecule is CC(C)(C)OC(=O)N1CC(COS(=O)(=O)C(F)(F)F)C1. The predicted octanol–water partition coefficient (Wildman–Crippen LogP) is 1.72. The Morgan fingerprint density at radius 1 is 1.25 bits per heavy atom. The molecule has 1 aliphatic heterocycles. The van der Waals surface area contributed by atoms with E-state index in [9.17, 15) is 26.4 Å². The van der Waals surface area contributed by atoms with Gasteiger partial charge in [0.1, 0.15) is 5.60 Å². The van der Waals surface area contributed by atoms with E-state index in [4.69, 9.17) is 4.74 Å². The normalized spacial score (nSPS) is 17.8. The molecule has 10 heteroatoms. The number of rotatable bonds is 3. The van der Waals surface area contributed by atoms with Gasteiger partial charge in [-0.25, -0.2) is 4.79 Å². The number of alkyl halides is 3. The first-order chi connectivity index (χ1) is 8.82. The molecule has 20 heavy (non-hydrogen) atoms. The van der Waals surface area contributed by atoms with Crippen molar-refractivity contribution in [3.8, 4) is 0 Å². The van der Waals surface area contributed by atoms with Crippen molar-refractivity contribution in [1.82, 2.24) is 4.90 Å². The lowest BCUT2D eigenvalue weighted by molar-refractivity contribution is -0.0577. The third kappa shape index (κ3) is 4.51. The van der Waals surface area contributed by atoms with Crippen LogP contribution in [0, 0.1) is 5.92 Å². The molecule has 0 aromatic carbocycles. The molecule has 0 unspecified atom stereocenters. The van der Waals surface area contributed by atoms with E-state index in [1.807, 2.05) is 0 Å². The van der Waals surface area contributed by atoms with E-state index in [1.165, 1.54) is 4.90 Å². The minimum absolute atomic E-state index is 0.0995. The minimum Gasteiger partial charge on any atom is -0.444 e. The van der Waals surface area contributed by atoms with E-state index in [2.05, 4.69) is 4.18 Å². The van der Waals surface area contributed by atoms with E-state index in [-0.39, 0.29) is 13.1 Å². The summed E-state index contributed by atoms with van der Waals surface area (Å²) in [5, 5.41) is 0. The fourth-order valence-corrected chi connectivity index (χ4v) is 1.91. The summed E-state index contributed by atoms with van der Waals surface area (Å²) in [6.45, 7) is 4.63. The molecule has 0 radical (unpaired) electrons. The van der Waals surface area contributed by atoms with Crippen molar-refractivity contribution in [2.45, 2.75) is 31.9 Å². The van der Waals surface area contributed by atoms with Crippen LogP contribution in [-0.2, 0) is 19.0 Å². The molecule has 0 N–H and O–H groups in total. The molecule has 1 saturated heterocycles. The second-order valence-electron chi connectivity index (χ2n) is 5.44. The molecule has 1 fully saturated rings. The molecule has 1 amide bonds. The summed E-state index contributed by atoms with van der Waals surface area (Å²) in [5.74, 6) is -0.459. The second-order valence-corrected chi connectivity index (χ2v) is 7.04. The van der Waals surface area contributed by atoms with Gasteiger partial charge in [0.15, 0.2) is 0 Å². The first-order valence-electron chi connectivity index (χ1n) is 5.75. The molecule has 118 valence electrons. The number of carbonyl (C=O) groups excluding carboxylic acids is 1. The van der Waals surface area contributed by atoms with Crippen molar-refractivity contribution >= 4 is 16.2 Å². The summed E-state index contributed by atoms with van der Waals surface area (Å²) >= 11 is 0. The van der Waals surface area contributed by atoms with Crippen LogP contribution in [0.4, 0.5) is 18.0 Å². The fraction of sp³-hybridized carbons (Fsp3) is 0.900. The molecule has 0 atom stereocenters. The van der Waals surface area contributed by atoms with E-state index in [0.717, 1.165) is 0 Å². The molecule has 1 heterocycles. The Bertz CT molecular complexity index is 462. The highest BCUT2D eigenvalue weighted by Crippen LogP contribution is 2.26. The van der Waals surface area contributed by atoms with Gasteiger partial charge in [-0.2, -0.15) is 21.6 Å². The van der Waals surface area contributed by atoms with E-state index >= 15 is 0 Å². The lowest BCUT2D eigenvalue weighted by atomic mass is 10.0. The molecule has 1 aliphatic rings. The highest BCUT2D eigenvalue weighted by atomic mass is 32.2. The molecular formula is C10H16F3NO5S. The summed E-state index contributed by atoms with van der Waals surface area (Å²) in [6, 6.07) is 0. The van der Waals surface area contributed by atoms with Crippen molar-refractivity contribution in [1.29, 1.82) is 0 Å². The molecular weight excluding hydrogens is 303 g/mol. The highest BCUT2D eigenvalue weighted by molar-refractivity contribution is 7.87. The number of hydrogen-bond acceptors (Lipinski definition) is 5. The molecule has 0 aromatic rings. The Labute approximate surface area is 114 Å². The number of carbonyl (C=O) groups is 1. The first-order valence-corrected chi connectivity index (χ1v) is 7.16. The highest BCUT2D eigenvalue weighted by Gasteiger charge is 2.48. The number of ether oxygens (including phenoxy) is 1. The van der Waals surface area contributed by atoms with Crippen LogP contribution in [0.3, 0.4) is 0 Å². The average Bonchev–Trinajstić information content (AvgIpc) is 2.09. The van der Waals surface area contributed by atoms with Gasteiger partial charge < -0.3 is 9.64 Å². The zero-order valence-corrected chi connectivity index (χ0v) is 12.0. The number of halogens is 3. The number of amides is 1. The Morgan fingerprint density at radius 2 is 1.75 bits per heavy atom. The molecule has 0 aliphatic carbocycles. The van der Waals surface area contributed by atoms with Crippen molar-refractivity contribution < 1.29 is 35.3 Å². The molecule has 0 aromatic heterocycles. The zero-order valence-electron chi connectivity index (χ0n) is 11.2. The van der Waals surface area contributed by atoms with Gasteiger partial charge in [-0.3, -0.25) is 4.18 Å². The fourth-order valence-electron chi connectivity index (χ4n) is 1.40. The van der Waals surface area contributed by atoms with Crippen LogP contribution < -0.4 is 0 Å². The van der Waals surface area contributed by atoms with Gasteiger partial charge >= 0.3 is 21.7 Å². The Balaban J connectivity index is 2.35. The van der Waals surface area contributed by atoms with Crippen LogP contribution in [-0.4, -0.2) is 50.2 Å². The average molecular weight is 319 g/mol. The summed E-state index contributed by atoms with van der Waals surface area (Å²) in [6.07, 6.45) is -0.590. The summed E-state index contributed by atoms with van der Waals surface area (Å²) in [4.78, 5) is 12.8. The van der Waals surface area contributed by atoms with Crippen molar-refractivity contribution in [2.75, 3.05) is 19.7 Å². The van der Waals surface area contributed by atoms with Gasteiger partial charge in [0.2, 0.25) is 0 Å². The lowest BCUT2D eigenvalue weighted by Gasteiger charge is -2.39. The summed E-state index contributed by atoms with van der Waals surface area (Å²) < 4.78 is 66.2. The van der Waals surface area contributed by atoms with Crippen molar-refractivity contribution in [3.63, 3.8) is 0 Å². The topological polar surface area (TPSA) is 72.9 Å². The van der Waals surface area contributed by atoms with Gasteiger partial charge in [-0.1, -0.05) is 0 Å². The van der Waals surface area contributed by atoms with Gasteiger partial charge in [-0.05, 0) is 20.8 Å². The van der Waals surface area contributed by atoms with Crippen LogP contribution in [0.15, 0.2) is 0 Å². The molecule has 0 spiro atoms. The van der Waals surface area contributed by atoms with Gasteiger partial charge in [0, 0.05) is 19.0 Å². The zero-order chi connectivity index (χ0) is 15.8. The molecule has 1 rings (SSSR count). The Kier molecular flexibility index (Phi) is 4.59. The van der Waals surface area contributed by atoms with Crippen LogP contribution in [0.25, 0.3) is 0 Å². The van der Waals surface area contributed by atoms with E-state index in [0.29, 0.717) is 0 Å². The third-order valence-corrected chi connectivity index (χ3v) is 3.36. The van der Waals surface area contributed by atoms with E-state index < -0.39 is 39.8 Å². The van der Waals surface area contributed by atoms with Crippen LogP contribution in [0.1, 0.15) is 20.8 Å². The Hall–Kier alpha value is -1.03. The third-order valence-electron chi connectivity index (χ3n) is 2.35. The maximum Gasteiger partial charge on any atom is 0.523 e. The van der Waals surface area contributed by atoms with Gasteiger partial charge in [0.25, 0.3) is 0 Å². The number of likely N-dealkylation sites (tertiary alicyclic amines) is 1. The summed E-state index contributed by atoms with van der Waals surface area (Å²) in [5.41, 5.74) is -6.10. The van der Waals surface area contributed by atoms with Gasteiger partial charge in [0.05, 0.1) is 6.61 Å². The second kappa shape index (κ2) is 5.40. The van der Waals surface area contributed by atoms with Gasteiger partial charge in [-0.15, -0.1) is 0 Å².